The molecule has 3 N–H and O–H groups in total. The van der Waals surface area contributed by atoms with Gasteiger partial charge >= 0.3 is 0 Å². The Balaban J connectivity index is 1.73. The van der Waals surface area contributed by atoms with Crippen molar-refractivity contribution in [3.05, 3.63) is 35.6 Å². The fourth-order valence-electron chi connectivity index (χ4n) is 3.41. The van der Waals surface area contributed by atoms with E-state index in [4.69, 9.17) is 0 Å². The van der Waals surface area contributed by atoms with Gasteiger partial charge in [-0.2, -0.15) is 0 Å². The van der Waals surface area contributed by atoms with Gasteiger partial charge in [-0.15, -0.1) is 11.8 Å². The Bertz CT molecular complexity index is 550. The van der Waals surface area contributed by atoms with Gasteiger partial charge in [0.05, 0.1) is 18.3 Å². The van der Waals surface area contributed by atoms with E-state index in [1.165, 1.54) is 6.07 Å². The number of nitrogens with one attached hydrogen (secondary N) is 1. The molecular weight excluding hydrogens is 313 g/mol. The van der Waals surface area contributed by atoms with E-state index in [2.05, 4.69) is 5.32 Å². The zero-order valence-corrected chi connectivity index (χ0v) is 14.4. The standard InChI is InChI=1S/C17H24FN3OS/c1-2-15-16(22)21(12-11-20-9-7-19-8-10-20)17(23-15)13-5-3-4-6-14(13)18/h3-6,15,17,19H,2,7-12H2,1H3/p+2/t15-,17-/m1/s1. The van der Waals surface area contributed by atoms with E-state index in [-0.39, 0.29) is 22.3 Å². The molecule has 0 saturated carbocycles. The molecule has 2 saturated heterocycles. The summed E-state index contributed by atoms with van der Waals surface area (Å²) < 4.78 is 14.2. The van der Waals surface area contributed by atoms with Crippen LogP contribution in [-0.2, 0) is 4.79 Å². The first-order valence-electron chi connectivity index (χ1n) is 8.56. The van der Waals surface area contributed by atoms with Crippen molar-refractivity contribution in [1.82, 2.24) is 4.90 Å². The zero-order chi connectivity index (χ0) is 16.2. The lowest BCUT2D eigenvalue weighted by Gasteiger charge is -2.28. The van der Waals surface area contributed by atoms with Crippen LogP contribution in [0.3, 0.4) is 0 Å². The number of quaternary nitrogens is 2. The molecule has 1 aromatic carbocycles. The molecule has 23 heavy (non-hydrogen) atoms. The lowest BCUT2D eigenvalue weighted by Crippen LogP contribution is -3.20. The molecule has 2 aliphatic rings. The van der Waals surface area contributed by atoms with Crippen LogP contribution in [0.25, 0.3) is 0 Å². The average molecular weight is 339 g/mol. The maximum Gasteiger partial charge on any atom is 0.237 e. The summed E-state index contributed by atoms with van der Waals surface area (Å²) in [6.07, 6.45) is 0.802. The summed E-state index contributed by atoms with van der Waals surface area (Å²) >= 11 is 1.60. The van der Waals surface area contributed by atoms with Crippen LogP contribution in [0.15, 0.2) is 24.3 Å². The predicted molar refractivity (Wildman–Crippen MR) is 89.7 cm³/mol. The summed E-state index contributed by atoms with van der Waals surface area (Å²) in [5.74, 6) is -0.0341. The van der Waals surface area contributed by atoms with Gasteiger partial charge in [0, 0.05) is 5.56 Å². The maximum atomic E-state index is 14.2. The molecule has 2 aliphatic heterocycles. The third-order valence-corrected chi connectivity index (χ3v) is 6.42. The summed E-state index contributed by atoms with van der Waals surface area (Å²) in [6.45, 7) is 8.33. The van der Waals surface area contributed by atoms with E-state index in [1.54, 1.807) is 22.7 Å². The van der Waals surface area contributed by atoms with Crippen molar-refractivity contribution in [3.63, 3.8) is 0 Å². The predicted octanol–water partition coefficient (Wildman–Crippen LogP) is -0.360. The molecule has 126 valence electrons. The minimum atomic E-state index is -0.209. The Morgan fingerprint density at radius 1 is 1.35 bits per heavy atom. The molecule has 1 amide bonds. The summed E-state index contributed by atoms with van der Waals surface area (Å²) in [6, 6.07) is 6.86. The topological polar surface area (TPSA) is 41.4 Å². The number of carbonyl (C=O) groups excluding carboxylic acids is 1. The van der Waals surface area contributed by atoms with Crippen molar-refractivity contribution < 1.29 is 19.4 Å². The number of thioether (sulfide) groups is 1. The molecule has 1 aromatic rings. The van der Waals surface area contributed by atoms with Crippen LogP contribution in [-0.4, -0.2) is 55.3 Å². The highest BCUT2D eigenvalue weighted by atomic mass is 32.2. The fourth-order valence-corrected chi connectivity index (χ4v) is 4.86. The highest BCUT2D eigenvalue weighted by Gasteiger charge is 2.41. The highest BCUT2D eigenvalue weighted by Crippen LogP contribution is 2.44. The third-order valence-electron chi connectivity index (χ3n) is 4.79. The first-order chi connectivity index (χ1) is 11.2. The van der Waals surface area contributed by atoms with E-state index in [0.29, 0.717) is 5.56 Å². The largest absolute Gasteiger partial charge is 0.337 e. The van der Waals surface area contributed by atoms with Crippen LogP contribution in [0.5, 0.6) is 0 Å². The molecule has 2 atom stereocenters. The molecule has 0 unspecified atom stereocenters. The lowest BCUT2D eigenvalue weighted by atomic mass is 10.2. The van der Waals surface area contributed by atoms with E-state index in [1.807, 2.05) is 24.0 Å². The van der Waals surface area contributed by atoms with Crippen LogP contribution >= 0.6 is 11.8 Å². The first-order valence-corrected chi connectivity index (χ1v) is 9.50. The second-order valence-corrected chi connectivity index (χ2v) is 7.59. The Kier molecular flexibility index (Phi) is 5.56. The van der Waals surface area contributed by atoms with E-state index in [0.717, 1.165) is 45.7 Å². The first kappa shape index (κ1) is 16.7. The number of amides is 1. The summed E-state index contributed by atoms with van der Waals surface area (Å²) in [4.78, 5) is 16.1. The molecule has 0 radical (unpaired) electrons. The molecule has 0 aliphatic carbocycles. The molecule has 0 bridgehead atoms. The number of piperazine rings is 1. The smallest absolute Gasteiger partial charge is 0.237 e. The van der Waals surface area contributed by atoms with Gasteiger partial charge < -0.3 is 15.1 Å². The van der Waals surface area contributed by atoms with Gasteiger partial charge in [0.15, 0.2) is 0 Å². The van der Waals surface area contributed by atoms with E-state index >= 15 is 0 Å². The zero-order valence-electron chi connectivity index (χ0n) is 13.6. The normalized spacial score (nSPS) is 26.0. The maximum absolute atomic E-state index is 14.2. The van der Waals surface area contributed by atoms with Crippen LogP contribution in [0.4, 0.5) is 4.39 Å². The van der Waals surface area contributed by atoms with Gasteiger partial charge in [-0.05, 0) is 12.5 Å². The van der Waals surface area contributed by atoms with Crippen LogP contribution in [0.1, 0.15) is 24.3 Å². The molecule has 0 aromatic heterocycles. The second kappa shape index (κ2) is 7.64. The lowest BCUT2D eigenvalue weighted by molar-refractivity contribution is -0.946. The number of benzene rings is 1. The minimum absolute atomic E-state index is 0.0377. The summed E-state index contributed by atoms with van der Waals surface area (Å²) in [5.41, 5.74) is 0.642. The summed E-state index contributed by atoms with van der Waals surface area (Å²) in [7, 11) is 0. The SMILES string of the molecule is CC[C@H]1S[C@H](c2ccccc2F)N(CC[NH+]2CC[NH2+]CC2)C1=O. The summed E-state index contributed by atoms with van der Waals surface area (Å²) in [5, 5.41) is 2.13. The average Bonchev–Trinajstić information content (AvgIpc) is 2.90. The van der Waals surface area contributed by atoms with Crippen molar-refractivity contribution >= 4 is 17.7 Å². The molecular formula is C17H26FN3OS+2. The number of rotatable bonds is 5. The molecule has 2 fully saturated rings. The molecule has 0 spiro atoms. The van der Waals surface area contributed by atoms with Crippen molar-refractivity contribution in [2.75, 3.05) is 39.3 Å². The Morgan fingerprint density at radius 3 is 2.78 bits per heavy atom. The number of carbonyl (C=O) groups is 1. The van der Waals surface area contributed by atoms with E-state index in [9.17, 15) is 9.18 Å². The number of nitrogens with zero attached hydrogens (tertiary/aromatic N) is 1. The van der Waals surface area contributed by atoms with Crippen molar-refractivity contribution in [2.45, 2.75) is 24.0 Å². The van der Waals surface area contributed by atoms with Gasteiger partial charge in [0.1, 0.15) is 37.4 Å². The van der Waals surface area contributed by atoms with Gasteiger partial charge in [-0.1, -0.05) is 25.1 Å². The third kappa shape index (κ3) is 3.70. The minimum Gasteiger partial charge on any atom is -0.337 e. The Morgan fingerprint density at radius 2 is 2.09 bits per heavy atom. The van der Waals surface area contributed by atoms with Crippen LogP contribution < -0.4 is 10.2 Å². The van der Waals surface area contributed by atoms with E-state index < -0.39 is 0 Å². The number of nitrogens with two attached hydrogens (primary N) is 1. The second-order valence-electron chi connectivity index (χ2n) is 6.30. The monoisotopic (exact) mass is 339 g/mol. The molecule has 6 heteroatoms. The van der Waals surface area contributed by atoms with Gasteiger partial charge in [0.25, 0.3) is 0 Å². The Labute approximate surface area is 141 Å². The van der Waals surface area contributed by atoms with Gasteiger partial charge in [0.2, 0.25) is 5.91 Å². The number of hydrogen-bond acceptors (Lipinski definition) is 2. The molecule has 4 nitrogen and oxygen atoms in total. The number of halogens is 1. The fraction of sp³-hybridized carbons (Fsp3) is 0.588. The molecule has 3 rings (SSSR count). The Hall–Kier alpha value is -1.11. The van der Waals surface area contributed by atoms with Gasteiger partial charge in [-0.25, -0.2) is 4.39 Å². The number of hydrogen-bond donors (Lipinski definition) is 2. The van der Waals surface area contributed by atoms with Crippen molar-refractivity contribution in [2.24, 2.45) is 0 Å². The van der Waals surface area contributed by atoms with Crippen LogP contribution in [0.2, 0.25) is 0 Å². The highest BCUT2D eigenvalue weighted by molar-refractivity contribution is 8.01. The van der Waals surface area contributed by atoms with Gasteiger partial charge in [-0.3, -0.25) is 4.79 Å². The van der Waals surface area contributed by atoms with Crippen LogP contribution in [0, 0.1) is 5.82 Å². The quantitative estimate of drug-likeness (QED) is 0.769. The molecule has 2 heterocycles. The van der Waals surface area contributed by atoms with Crippen molar-refractivity contribution in [3.8, 4) is 0 Å². The van der Waals surface area contributed by atoms with Crippen molar-refractivity contribution in [1.29, 1.82) is 0 Å².